The van der Waals surface area contributed by atoms with E-state index in [9.17, 15) is 31.5 Å². The number of ether oxygens (including phenoxy) is 2. The van der Waals surface area contributed by atoms with Gasteiger partial charge in [0.05, 0.1) is 5.56 Å². The number of halogens is 5. The van der Waals surface area contributed by atoms with Crippen LogP contribution in [0.5, 0.6) is 11.5 Å². The van der Waals surface area contributed by atoms with Crippen LogP contribution in [0.15, 0.2) is 54.6 Å². The molecule has 34 heavy (non-hydrogen) atoms. The Morgan fingerprint density at radius 3 is 2.26 bits per heavy atom. The number of hydrogen-bond donors (Lipinski definition) is 2. The van der Waals surface area contributed by atoms with E-state index < -0.39 is 36.5 Å². The number of carbonyl (C=O) groups is 2. The molecule has 3 aromatic carbocycles. The van der Waals surface area contributed by atoms with Crippen LogP contribution in [0.25, 0.3) is 10.8 Å². The number of amides is 1. The molecule has 11 heteroatoms. The summed E-state index contributed by atoms with van der Waals surface area (Å²) in [4.78, 5) is 23.8. The van der Waals surface area contributed by atoms with Crippen LogP contribution < -0.4 is 14.8 Å². The normalized spacial score (nSPS) is 12.4. The summed E-state index contributed by atoms with van der Waals surface area (Å²) in [6, 6.07) is 10.2. The van der Waals surface area contributed by atoms with Crippen molar-refractivity contribution in [1.82, 2.24) is 5.32 Å². The molecular weight excluding hydrogens is 465 g/mol. The van der Waals surface area contributed by atoms with Crippen LogP contribution in [0.2, 0.25) is 0 Å². The summed E-state index contributed by atoms with van der Waals surface area (Å²) >= 11 is 0. The van der Waals surface area contributed by atoms with Crippen LogP contribution in [0, 0.1) is 0 Å². The Kier molecular flexibility index (Phi) is 7.23. The average molecular weight is 483 g/mol. The fraction of sp³-hybridized carbons (Fsp3) is 0.217. The lowest BCUT2D eigenvalue weighted by atomic mass is 10.0. The van der Waals surface area contributed by atoms with Crippen molar-refractivity contribution in [3.8, 4) is 11.5 Å². The lowest BCUT2D eigenvalue weighted by Crippen LogP contribution is -2.38. The zero-order valence-electron chi connectivity index (χ0n) is 17.5. The minimum absolute atomic E-state index is 0.0780. The molecule has 180 valence electrons. The molecule has 0 fully saturated rings. The first-order valence-electron chi connectivity index (χ1n) is 9.80. The van der Waals surface area contributed by atoms with Gasteiger partial charge in [-0.15, -0.1) is 13.2 Å². The first-order valence-corrected chi connectivity index (χ1v) is 9.80. The van der Waals surface area contributed by atoms with Gasteiger partial charge in [-0.25, -0.2) is 8.78 Å². The van der Waals surface area contributed by atoms with Crippen molar-refractivity contribution in [3.63, 3.8) is 0 Å². The van der Waals surface area contributed by atoms with E-state index in [0.717, 1.165) is 18.2 Å². The molecular formula is C23H18F5NO5. The maximum atomic E-state index is 13.3. The number of benzene rings is 3. The van der Waals surface area contributed by atoms with E-state index >= 15 is 0 Å². The second-order valence-corrected chi connectivity index (χ2v) is 7.24. The number of carboxylic acid groups (broad SMARTS) is 1. The molecule has 0 aliphatic heterocycles. The van der Waals surface area contributed by atoms with E-state index in [4.69, 9.17) is 9.84 Å². The molecule has 0 bridgehead atoms. The fourth-order valence-electron chi connectivity index (χ4n) is 3.06. The van der Waals surface area contributed by atoms with E-state index in [1.165, 1.54) is 43.3 Å². The van der Waals surface area contributed by atoms with Crippen LogP contribution in [-0.2, 0) is 11.4 Å². The lowest BCUT2D eigenvalue weighted by molar-refractivity contribution is -0.274. The number of hydrogen-bond acceptors (Lipinski definition) is 4. The highest BCUT2D eigenvalue weighted by Crippen LogP contribution is 2.34. The topological polar surface area (TPSA) is 84.9 Å². The highest BCUT2D eigenvalue weighted by molar-refractivity contribution is 6.05. The standard InChI is InChI=1S/C23H18F5NO5/c1-12(22(31)32)29-21(30)17-9-6-14-4-5-15(20(24)25)10-18(14)19(17)33-11-13-2-7-16(8-3-13)34-23(26,27)28/h2-10,12,20H,11H2,1H3,(H,29,30)(H,31,32)/t12-/m1/s1. The van der Waals surface area contributed by atoms with Gasteiger partial charge in [0.15, 0.2) is 0 Å². The van der Waals surface area contributed by atoms with E-state index in [1.54, 1.807) is 0 Å². The Bertz CT molecular complexity index is 1190. The van der Waals surface area contributed by atoms with E-state index in [-0.39, 0.29) is 28.9 Å². The van der Waals surface area contributed by atoms with Gasteiger partial charge in [-0.3, -0.25) is 9.59 Å². The number of carboxylic acids is 1. The Morgan fingerprint density at radius 2 is 1.68 bits per heavy atom. The number of nitrogens with one attached hydrogen (secondary N) is 1. The quantitative estimate of drug-likeness (QED) is 0.416. The predicted octanol–water partition coefficient (Wildman–Crippen LogP) is 5.46. The van der Waals surface area contributed by atoms with Crippen molar-refractivity contribution in [1.29, 1.82) is 0 Å². The fourth-order valence-corrected chi connectivity index (χ4v) is 3.06. The first kappa shape index (κ1) is 24.7. The molecule has 0 aliphatic rings. The Hall–Kier alpha value is -3.89. The molecule has 0 saturated carbocycles. The number of carbonyl (C=O) groups excluding carboxylic acids is 1. The van der Waals surface area contributed by atoms with Crippen LogP contribution >= 0.6 is 0 Å². The van der Waals surface area contributed by atoms with E-state index in [2.05, 4.69) is 10.1 Å². The Morgan fingerprint density at radius 1 is 1.03 bits per heavy atom. The van der Waals surface area contributed by atoms with Crippen molar-refractivity contribution in [2.75, 3.05) is 0 Å². The average Bonchev–Trinajstić information content (AvgIpc) is 2.76. The van der Waals surface area contributed by atoms with Crippen molar-refractivity contribution in [2.24, 2.45) is 0 Å². The minimum atomic E-state index is -4.85. The summed E-state index contributed by atoms with van der Waals surface area (Å²) in [5.41, 5.74) is -0.00619. The molecule has 0 saturated heterocycles. The molecule has 2 N–H and O–H groups in total. The highest BCUT2D eigenvalue weighted by Gasteiger charge is 2.31. The predicted molar refractivity (Wildman–Crippen MR) is 111 cm³/mol. The van der Waals surface area contributed by atoms with Gasteiger partial charge in [-0.05, 0) is 42.1 Å². The second-order valence-electron chi connectivity index (χ2n) is 7.24. The Labute approximate surface area is 189 Å². The van der Waals surface area contributed by atoms with Gasteiger partial charge in [0.2, 0.25) is 0 Å². The molecule has 1 amide bonds. The summed E-state index contributed by atoms with van der Waals surface area (Å²) in [6.45, 7) is 1.03. The smallest absolute Gasteiger partial charge is 0.487 e. The van der Waals surface area contributed by atoms with Crippen LogP contribution in [0.3, 0.4) is 0 Å². The summed E-state index contributed by atoms with van der Waals surface area (Å²) in [5, 5.41) is 12.0. The molecule has 6 nitrogen and oxygen atoms in total. The molecule has 0 unspecified atom stereocenters. The van der Waals surface area contributed by atoms with Gasteiger partial charge >= 0.3 is 12.3 Å². The minimum Gasteiger partial charge on any atom is -0.487 e. The molecule has 3 aromatic rings. The van der Waals surface area contributed by atoms with Crippen LogP contribution in [-0.4, -0.2) is 29.4 Å². The van der Waals surface area contributed by atoms with Gasteiger partial charge in [0.1, 0.15) is 24.1 Å². The van der Waals surface area contributed by atoms with Crippen LogP contribution in [0.1, 0.15) is 34.8 Å². The second kappa shape index (κ2) is 9.94. The zero-order chi connectivity index (χ0) is 25.0. The molecule has 0 aliphatic carbocycles. The first-order chi connectivity index (χ1) is 15.9. The number of alkyl halides is 5. The van der Waals surface area contributed by atoms with Crippen molar-refractivity contribution in [2.45, 2.75) is 32.4 Å². The molecule has 0 spiro atoms. The van der Waals surface area contributed by atoms with Gasteiger partial charge < -0.3 is 19.9 Å². The summed E-state index contributed by atoms with van der Waals surface area (Å²) in [6.07, 6.45) is -7.64. The van der Waals surface area contributed by atoms with Gasteiger partial charge in [-0.1, -0.05) is 30.3 Å². The Balaban J connectivity index is 1.96. The largest absolute Gasteiger partial charge is 0.573 e. The van der Waals surface area contributed by atoms with Gasteiger partial charge in [0.25, 0.3) is 12.3 Å². The molecule has 1 atom stereocenters. The number of fused-ring (bicyclic) bond motifs is 1. The van der Waals surface area contributed by atoms with Crippen molar-refractivity contribution >= 4 is 22.6 Å². The summed E-state index contributed by atoms with van der Waals surface area (Å²) in [7, 11) is 0. The third kappa shape index (κ3) is 6.12. The van der Waals surface area contributed by atoms with E-state index in [1.807, 2.05) is 0 Å². The maximum absolute atomic E-state index is 13.3. The SMILES string of the molecule is C[C@@H](NC(=O)c1ccc2ccc(C(F)F)cc2c1OCc1ccc(OC(F)(F)F)cc1)C(=O)O. The van der Waals surface area contributed by atoms with Crippen molar-refractivity contribution < 1.29 is 46.1 Å². The van der Waals surface area contributed by atoms with Gasteiger partial charge in [0, 0.05) is 10.9 Å². The van der Waals surface area contributed by atoms with E-state index in [0.29, 0.717) is 10.9 Å². The summed E-state index contributed by atoms with van der Waals surface area (Å²) in [5.74, 6) is -2.60. The molecule has 3 rings (SSSR count). The third-order valence-electron chi connectivity index (χ3n) is 4.75. The summed E-state index contributed by atoms with van der Waals surface area (Å²) < 4.78 is 73.1. The van der Waals surface area contributed by atoms with Gasteiger partial charge in [-0.2, -0.15) is 0 Å². The van der Waals surface area contributed by atoms with Crippen LogP contribution in [0.4, 0.5) is 22.0 Å². The third-order valence-corrected chi connectivity index (χ3v) is 4.75. The molecule has 0 aromatic heterocycles. The number of rotatable bonds is 8. The zero-order valence-corrected chi connectivity index (χ0v) is 17.5. The lowest BCUT2D eigenvalue weighted by Gasteiger charge is -2.17. The monoisotopic (exact) mass is 483 g/mol. The number of aliphatic carboxylic acids is 1. The van der Waals surface area contributed by atoms with Crippen molar-refractivity contribution in [3.05, 3.63) is 71.3 Å². The maximum Gasteiger partial charge on any atom is 0.573 e. The molecule has 0 radical (unpaired) electrons. The highest BCUT2D eigenvalue weighted by atomic mass is 19.4. The molecule has 0 heterocycles.